The molecule has 3 rings (SSSR count). The van der Waals surface area contributed by atoms with Gasteiger partial charge in [0, 0.05) is 33.4 Å². The smallest absolute Gasteiger partial charge is 0.257 e. The van der Waals surface area contributed by atoms with Crippen molar-refractivity contribution in [3.05, 3.63) is 35.1 Å². The van der Waals surface area contributed by atoms with Crippen molar-refractivity contribution < 1.29 is 23.5 Å². The number of carbonyl (C=O) groups excluding carboxylic acids is 2. The minimum atomic E-state index is -0.777. The number of hydrogen-bond acceptors (Lipinski definition) is 4. The van der Waals surface area contributed by atoms with Crippen molar-refractivity contribution in [2.75, 3.05) is 40.0 Å². The second kappa shape index (κ2) is 7.72. The molecule has 0 unspecified atom stereocenters. The number of fused-ring (bicyclic) bond motifs is 1. The summed E-state index contributed by atoms with van der Waals surface area (Å²) < 4.78 is 25.0. The Kier molecular flexibility index (Phi) is 5.58. The molecule has 2 amide bonds. The molecule has 2 fully saturated rings. The summed E-state index contributed by atoms with van der Waals surface area (Å²) >= 11 is 0. The Balaban J connectivity index is 1.81. The molecule has 2 saturated heterocycles. The molecule has 2 aliphatic heterocycles. The van der Waals surface area contributed by atoms with E-state index >= 15 is 0 Å². The number of ether oxygens (including phenoxy) is 2. The SMILES string of the molecule is COCCNC(=O)[C@@]12CCO[C@@H]1CCN(C(=O)c1c(C)cccc1F)C2. The summed E-state index contributed by atoms with van der Waals surface area (Å²) in [6.45, 7) is 3.72. The molecule has 1 N–H and O–H groups in total. The molecular weight excluding hydrogens is 339 g/mol. The highest BCUT2D eigenvalue weighted by molar-refractivity contribution is 5.96. The molecule has 0 radical (unpaired) electrons. The summed E-state index contributed by atoms with van der Waals surface area (Å²) in [6, 6.07) is 4.59. The zero-order valence-corrected chi connectivity index (χ0v) is 15.2. The summed E-state index contributed by atoms with van der Waals surface area (Å²) in [5.41, 5.74) is -0.0981. The predicted molar refractivity (Wildman–Crippen MR) is 93.3 cm³/mol. The number of likely N-dealkylation sites (tertiary alicyclic amines) is 1. The lowest BCUT2D eigenvalue weighted by Crippen LogP contribution is -2.58. The zero-order chi connectivity index (χ0) is 18.7. The maximum absolute atomic E-state index is 14.2. The minimum Gasteiger partial charge on any atom is -0.383 e. The Bertz CT molecular complexity index is 676. The first-order valence-electron chi connectivity index (χ1n) is 8.93. The Morgan fingerprint density at radius 1 is 1.46 bits per heavy atom. The Morgan fingerprint density at radius 3 is 3.00 bits per heavy atom. The number of rotatable bonds is 5. The van der Waals surface area contributed by atoms with E-state index in [4.69, 9.17) is 9.47 Å². The van der Waals surface area contributed by atoms with Gasteiger partial charge in [0.1, 0.15) is 5.82 Å². The molecule has 0 aliphatic carbocycles. The van der Waals surface area contributed by atoms with Gasteiger partial charge in [-0.25, -0.2) is 4.39 Å². The van der Waals surface area contributed by atoms with Crippen LogP contribution in [0.1, 0.15) is 28.8 Å². The predicted octanol–water partition coefficient (Wildman–Crippen LogP) is 1.52. The average molecular weight is 364 g/mol. The number of benzene rings is 1. The molecular formula is C19H25FN2O4. The van der Waals surface area contributed by atoms with Crippen molar-refractivity contribution in [2.45, 2.75) is 25.9 Å². The Morgan fingerprint density at radius 2 is 2.27 bits per heavy atom. The van der Waals surface area contributed by atoms with E-state index in [1.54, 1.807) is 31.1 Å². The number of hydrogen-bond donors (Lipinski definition) is 1. The van der Waals surface area contributed by atoms with E-state index in [1.807, 2.05) is 0 Å². The maximum Gasteiger partial charge on any atom is 0.257 e. The summed E-state index contributed by atoms with van der Waals surface area (Å²) in [7, 11) is 1.57. The summed E-state index contributed by atoms with van der Waals surface area (Å²) in [5, 5.41) is 2.88. The topological polar surface area (TPSA) is 67.9 Å². The standard InChI is InChI=1S/C19H25FN2O4/c1-13-4-3-5-14(20)16(13)17(23)22-9-6-15-19(12-22,7-10-26-15)18(24)21-8-11-25-2/h3-5,15H,6-12H2,1-2H3,(H,21,24)/t15-,19-/m1/s1. The molecule has 1 aromatic carbocycles. The number of methoxy groups -OCH3 is 1. The fraction of sp³-hybridized carbons (Fsp3) is 0.579. The van der Waals surface area contributed by atoms with Gasteiger partial charge in [-0.3, -0.25) is 9.59 Å². The van der Waals surface area contributed by atoms with E-state index in [9.17, 15) is 14.0 Å². The molecule has 0 spiro atoms. The van der Waals surface area contributed by atoms with Crippen LogP contribution in [0.25, 0.3) is 0 Å². The number of aryl methyl sites for hydroxylation is 1. The molecule has 2 atom stereocenters. The van der Waals surface area contributed by atoms with Crippen molar-refractivity contribution in [3.8, 4) is 0 Å². The second-order valence-corrected chi connectivity index (χ2v) is 6.96. The average Bonchev–Trinajstić information content (AvgIpc) is 3.06. The first kappa shape index (κ1) is 18.8. The summed E-state index contributed by atoms with van der Waals surface area (Å²) in [6.07, 6.45) is 0.906. The third-order valence-electron chi connectivity index (χ3n) is 5.38. The van der Waals surface area contributed by atoms with E-state index in [-0.39, 0.29) is 30.0 Å². The fourth-order valence-corrected chi connectivity index (χ4v) is 3.95. The zero-order valence-electron chi connectivity index (χ0n) is 15.2. The van der Waals surface area contributed by atoms with Crippen molar-refractivity contribution in [1.29, 1.82) is 0 Å². The lowest BCUT2D eigenvalue weighted by atomic mass is 9.75. The van der Waals surface area contributed by atoms with Gasteiger partial charge in [-0.05, 0) is 31.4 Å². The highest BCUT2D eigenvalue weighted by Gasteiger charge is 2.54. The molecule has 1 aromatic rings. The van der Waals surface area contributed by atoms with Crippen LogP contribution in [0, 0.1) is 18.2 Å². The van der Waals surface area contributed by atoms with E-state index in [0.29, 0.717) is 44.7 Å². The third kappa shape index (κ3) is 3.33. The third-order valence-corrected chi connectivity index (χ3v) is 5.38. The van der Waals surface area contributed by atoms with E-state index in [0.717, 1.165) is 0 Å². The summed E-state index contributed by atoms with van der Waals surface area (Å²) in [4.78, 5) is 27.4. The first-order chi connectivity index (χ1) is 12.5. The van der Waals surface area contributed by atoms with Gasteiger partial charge in [-0.1, -0.05) is 12.1 Å². The van der Waals surface area contributed by atoms with Crippen LogP contribution in [-0.2, 0) is 14.3 Å². The van der Waals surface area contributed by atoms with Gasteiger partial charge in [-0.15, -0.1) is 0 Å². The van der Waals surface area contributed by atoms with Crippen molar-refractivity contribution in [3.63, 3.8) is 0 Å². The number of carbonyl (C=O) groups is 2. The van der Waals surface area contributed by atoms with Crippen LogP contribution in [0.4, 0.5) is 4.39 Å². The van der Waals surface area contributed by atoms with Crippen LogP contribution in [0.5, 0.6) is 0 Å². The molecule has 0 aromatic heterocycles. The number of nitrogens with one attached hydrogen (secondary N) is 1. The molecule has 6 nitrogen and oxygen atoms in total. The van der Waals surface area contributed by atoms with Gasteiger partial charge in [0.05, 0.1) is 23.7 Å². The van der Waals surface area contributed by atoms with Gasteiger partial charge >= 0.3 is 0 Å². The van der Waals surface area contributed by atoms with Gasteiger partial charge in [0.15, 0.2) is 0 Å². The summed E-state index contributed by atoms with van der Waals surface area (Å²) in [5.74, 6) is -1.02. The van der Waals surface area contributed by atoms with Gasteiger partial charge < -0.3 is 19.7 Å². The second-order valence-electron chi connectivity index (χ2n) is 6.96. The minimum absolute atomic E-state index is 0.0832. The molecule has 142 valence electrons. The van der Waals surface area contributed by atoms with Crippen LogP contribution in [0.15, 0.2) is 18.2 Å². The van der Waals surface area contributed by atoms with E-state index in [2.05, 4.69) is 5.32 Å². The molecule has 2 aliphatic rings. The van der Waals surface area contributed by atoms with Gasteiger partial charge in [-0.2, -0.15) is 0 Å². The molecule has 0 saturated carbocycles. The van der Waals surface area contributed by atoms with Gasteiger partial charge in [0.25, 0.3) is 5.91 Å². The van der Waals surface area contributed by atoms with Crippen molar-refractivity contribution in [1.82, 2.24) is 10.2 Å². The lowest BCUT2D eigenvalue weighted by molar-refractivity contribution is -0.138. The van der Waals surface area contributed by atoms with E-state index in [1.165, 1.54) is 6.07 Å². The number of piperidine rings is 1. The molecule has 26 heavy (non-hydrogen) atoms. The molecule has 0 bridgehead atoms. The van der Waals surface area contributed by atoms with Gasteiger partial charge in [0.2, 0.25) is 5.91 Å². The van der Waals surface area contributed by atoms with Crippen molar-refractivity contribution in [2.24, 2.45) is 5.41 Å². The van der Waals surface area contributed by atoms with Crippen LogP contribution in [0.2, 0.25) is 0 Å². The lowest BCUT2D eigenvalue weighted by Gasteiger charge is -2.42. The molecule has 7 heteroatoms. The maximum atomic E-state index is 14.2. The normalized spacial score (nSPS) is 25.0. The number of halogens is 1. The Labute approximate surface area is 152 Å². The fourth-order valence-electron chi connectivity index (χ4n) is 3.95. The highest BCUT2D eigenvalue weighted by Crippen LogP contribution is 2.41. The molecule has 2 heterocycles. The van der Waals surface area contributed by atoms with Crippen LogP contribution < -0.4 is 5.32 Å². The number of nitrogens with zero attached hydrogens (tertiary/aromatic N) is 1. The van der Waals surface area contributed by atoms with Crippen LogP contribution in [-0.4, -0.2) is 62.8 Å². The quantitative estimate of drug-likeness (QED) is 0.805. The Hall–Kier alpha value is -1.99. The van der Waals surface area contributed by atoms with Crippen LogP contribution >= 0.6 is 0 Å². The first-order valence-corrected chi connectivity index (χ1v) is 8.93. The monoisotopic (exact) mass is 364 g/mol. The highest BCUT2D eigenvalue weighted by atomic mass is 19.1. The van der Waals surface area contributed by atoms with Crippen LogP contribution in [0.3, 0.4) is 0 Å². The largest absolute Gasteiger partial charge is 0.383 e. The number of amides is 2. The van der Waals surface area contributed by atoms with Crippen molar-refractivity contribution >= 4 is 11.8 Å². The van der Waals surface area contributed by atoms with E-state index < -0.39 is 11.2 Å².